The molecule has 1 aromatic carbocycles. The summed E-state index contributed by atoms with van der Waals surface area (Å²) in [6.45, 7) is 11.0. The maximum Gasteiger partial charge on any atom is 0.161 e. The molecule has 1 aliphatic heterocycles. The summed E-state index contributed by atoms with van der Waals surface area (Å²) in [7, 11) is 1.79. The van der Waals surface area contributed by atoms with Crippen molar-refractivity contribution in [2.45, 2.75) is 65.5 Å². The highest BCUT2D eigenvalue weighted by molar-refractivity contribution is 6.33. The fraction of sp³-hybridized carbons (Fsp3) is 0.536. The third kappa shape index (κ3) is 6.32. The van der Waals surface area contributed by atoms with Crippen LogP contribution in [0.1, 0.15) is 48.9 Å². The number of benzene rings is 1. The van der Waals surface area contributed by atoms with Crippen LogP contribution in [0.3, 0.4) is 0 Å². The molecule has 4 rings (SSSR count). The Morgan fingerprint density at radius 3 is 2.78 bits per heavy atom. The number of likely N-dealkylation sites (N-methyl/N-ethyl adjacent to an activating group) is 1. The van der Waals surface area contributed by atoms with Crippen LogP contribution in [0.25, 0.3) is 22.6 Å². The fourth-order valence-electron chi connectivity index (χ4n) is 5.19. The lowest BCUT2D eigenvalue weighted by Gasteiger charge is -2.23. The van der Waals surface area contributed by atoms with Gasteiger partial charge in [-0.2, -0.15) is 0 Å². The minimum absolute atomic E-state index is 0.168. The molecular formula is C28H38ClN5O3. The monoisotopic (exact) mass is 527 g/mol. The van der Waals surface area contributed by atoms with Crippen LogP contribution < -0.4 is 10.1 Å². The molecule has 37 heavy (non-hydrogen) atoms. The summed E-state index contributed by atoms with van der Waals surface area (Å²) < 4.78 is 11.3. The molecule has 2 aromatic heterocycles. The molecule has 2 atom stereocenters. The van der Waals surface area contributed by atoms with E-state index in [-0.39, 0.29) is 6.61 Å². The molecule has 0 spiro atoms. The van der Waals surface area contributed by atoms with E-state index in [1.807, 2.05) is 19.9 Å². The van der Waals surface area contributed by atoms with E-state index in [0.29, 0.717) is 34.7 Å². The first-order valence-electron chi connectivity index (χ1n) is 13.1. The lowest BCUT2D eigenvalue weighted by atomic mass is 9.99. The zero-order valence-electron chi connectivity index (χ0n) is 22.5. The summed E-state index contributed by atoms with van der Waals surface area (Å²) >= 11 is 6.66. The summed E-state index contributed by atoms with van der Waals surface area (Å²) in [5.74, 6) is 1.87. The summed E-state index contributed by atoms with van der Waals surface area (Å²) in [4.78, 5) is 12.6. The van der Waals surface area contributed by atoms with Crippen molar-refractivity contribution in [3.05, 3.63) is 45.9 Å². The van der Waals surface area contributed by atoms with Gasteiger partial charge in [0.2, 0.25) is 0 Å². The predicted octanol–water partition coefficient (Wildman–Crippen LogP) is 4.75. The molecule has 1 aliphatic rings. The molecule has 3 heterocycles. The van der Waals surface area contributed by atoms with Gasteiger partial charge in [-0.25, -0.2) is 9.97 Å². The number of nitrogens with zero attached hydrogens (tertiary/aromatic N) is 4. The molecule has 0 radical (unpaired) electrons. The third-order valence-electron chi connectivity index (χ3n) is 7.20. The second-order valence-corrected chi connectivity index (χ2v) is 10.2. The molecule has 9 heteroatoms. The molecular weight excluding hydrogens is 490 g/mol. The summed E-state index contributed by atoms with van der Waals surface area (Å²) in [5, 5.41) is 17.7. The SMILES string of the molecule is CCN1CCC[C@@H]1CCc1nc(-c2cc(OC[C@@H](O)CNC)ccc2Cl)nc(-c2c(C)noc2C)c1C. The van der Waals surface area contributed by atoms with Crippen LogP contribution >= 0.6 is 11.6 Å². The van der Waals surface area contributed by atoms with E-state index in [4.69, 9.17) is 30.8 Å². The first-order valence-corrected chi connectivity index (χ1v) is 13.5. The van der Waals surface area contributed by atoms with Crippen molar-refractivity contribution in [3.8, 4) is 28.4 Å². The molecule has 0 aliphatic carbocycles. The lowest BCUT2D eigenvalue weighted by molar-refractivity contribution is 0.108. The Morgan fingerprint density at radius 2 is 2.08 bits per heavy atom. The first-order chi connectivity index (χ1) is 17.8. The van der Waals surface area contributed by atoms with Crippen molar-refractivity contribution < 1.29 is 14.4 Å². The Kier molecular flexibility index (Phi) is 9.18. The molecule has 1 fully saturated rings. The predicted molar refractivity (Wildman–Crippen MR) is 146 cm³/mol. The Bertz CT molecular complexity index is 1200. The Morgan fingerprint density at radius 1 is 1.27 bits per heavy atom. The largest absolute Gasteiger partial charge is 0.491 e. The van der Waals surface area contributed by atoms with Crippen LogP contribution in [0.15, 0.2) is 22.7 Å². The number of ether oxygens (including phenoxy) is 1. The van der Waals surface area contributed by atoms with Gasteiger partial charge in [-0.05, 0) is 90.4 Å². The number of hydrogen-bond donors (Lipinski definition) is 2. The molecule has 200 valence electrons. The van der Waals surface area contributed by atoms with E-state index in [1.165, 1.54) is 19.4 Å². The van der Waals surface area contributed by atoms with Crippen LogP contribution in [-0.2, 0) is 6.42 Å². The zero-order valence-corrected chi connectivity index (χ0v) is 23.2. The molecule has 8 nitrogen and oxygen atoms in total. The first kappa shape index (κ1) is 27.5. The van der Waals surface area contributed by atoms with Gasteiger partial charge >= 0.3 is 0 Å². The zero-order chi connectivity index (χ0) is 26.5. The van der Waals surface area contributed by atoms with Crippen LogP contribution in [0.4, 0.5) is 0 Å². The third-order valence-corrected chi connectivity index (χ3v) is 7.53. The number of aromatic nitrogens is 3. The number of hydrogen-bond acceptors (Lipinski definition) is 8. The van der Waals surface area contributed by atoms with E-state index in [1.54, 1.807) is 19.2 Å². The number of halogens is 1. The number of aliphatic hydroxyl groups is 1. The summed E-state index contributed by atoms with van der Waals surface area (Å²) in [6.07, 6.45) is 3.76. The number of likely N-dealkylation sites (tertiary alicyclic amines) is 1. The van der Waals surface area contributed by atoms with Crippen molar-refractivity contribution in [3.63, 3.8) is 0 Å². The van der Waals surface area contributed by atoms with E-state index in [0.717, 1.165) is 53.4 Å². The standard InChI is InChI=1S/C28H38ClN5O3/c1-6-34-13-7-8-20(34)9-12-25-17(2)27(26-18(3)33-37-19(26)4)32-28(31-25)23-14-22(10-11-24(23)29)36-16-21(35)15-30-5/h10-11,14,20-21,30,35H,6-9,12-13,15-16H2,1-5H3/t20-,21+/m1/s1. The minimum atomic E-state index is -0.615. The molecule has 0 saturated carbocycles. The highest BCUT2D eigenvalue weighted by atomic mass is 35.5. The average Bonchev–Trinajstić information content (AvgIpc) is 3.48. The van der Waals surface area contributed by atoms with Gasteiger partial charge < -0.3 is 24.6 Å². The lowest BCUT2D eigenvalue weighted by Crippen LogP contribution is -2.29. The van der Waals surface area contributed by atoms with E-state index < -0.39 is 6.10 Å². The fourth-order valence-corrected chi connectivity index (χ4v) is 5.39. The van der Waals surface area contributed by atoms with Gasteiger partial charge in [0.25, 0.3) is 0 Å². The number of aliphatic hydroxyl groups excluding tert-OH is 1. The molecule has 0 bridgehead atoms. The van der Waals surface area contributed by atoms with Crippen LogP contribution in [0, 0.1) is 20.8 Å². The normalized spacial score (nSPS) is 16.9. The van der Waals surface area contributed by atoms with Crippen molar-refractivity contribution in [1.82, 2.24) is 25.3 Å². The van der Waals surface area contributed by atoms with Crippen LogP contribution in [0.2, 0.25) is 5.02 Å². The van der Waals surface area contributed by atoms with Gasteiger partial charge in [-0.1, -0.05) is 23.7 Å². The second kappa shape index (κ2) is 12.3. The van der Waals surface area contributed by atoms with Gasteiger partial charge in [0.1, 0.15) is 24.2 Å². The number of aryl methyl sites for hydroxylation is 3. The number of nitrogens with one attached hydrogen (secondary N) is 1. The molecule has 2 N–H and O–H groups in total. The van der Waals surface area contributed by atoms with E-state index >= 15 is 0 Å². The van der Waals surface area contributed by atoms with Gasteiger partial charge in [-0.3, -0.25) is 0 Å². The Labute approximate surface area is 224 Å². The van der Waals surface area contributed by atoms with Crippen molar-refractivity contribution in [2.24, 2.45) is 0 Å². The topological polar surface area (TPSA) is 96.5 Å². The highest BCUT2D eigenvalue weighted by Gasteiger charge is 2.25. The Hall–Kier alpha value is -2.52. The van der Waals surface area contributed by atoms with Gasteiger partial charge in [0, 0.05) is 23.8 Å². The van der Waals surface area contributed by atoms with E-state index in [9.17, 15) is 5.11 Å². The maximum atomic E-state index is 10.0. The quantitative estimate of drug-likeness (QED) is 0.368. The molecule has 3 aromatic rings. The Balaban J connectivity index is 1.72. The van der Waals surface area contributed by atoms with Gasteiger partial charge in [-0.15, -0.1) is 0 Å². The molecule has 0 unspecified atom stereocenters. The maximum absolute atomic E-state index is 10.0. The average molecular weight is 528 g/mol. The summed E-state index contributed by atoms with van der Waals surface area (Å²) in [6, 6.07) is 6.00. The van der Waals surface area contributed by atoms with Crippen molar-refractivity contribution in [2.75, 3.05) is 33.3 Å². The van der Waals surface area contributed by atoms with Gasteiger partial charge in [0.15, 0.2) is 5.82 Å². The summed E-state index contributed by atoms with van der Waals surface area (Å²) in [5.41, 5.74) is 5.25. The van der Waals surface area contributed by atoms with Crippen molar-refractivity contribution in [1.29, 1.82) is 0 Å². The van der Waals surface area contributed by atoms with E-state index in [2.05, 4.69) is 29.2 Å². The molecule has 1 saturated heterocycles. The minimum Gasteiger partial charge on any atom is -0.491 e. The van der Waals surface area contributed by atoms with Crippen LogP contribution in [-0.4, -0.2) is 70.6 Å². The van der Waals surface area contributed by atoms with Crippen molar-refractivity contribution >= 4 is 11.6 Å². The highest BCUT2D eigenvalue weighted by Crippen LogP contribution is 2.35. The second-order valence-electron chi connectivity index (χ2n) is 9.79. The molecule has 0 amide bonds. The smallest absolute Gasteiger partial charge is 0.161 e. The van der Waals surface area contributed by atoms with Gasteiger partial charge in [0.05, 0.1) is 22.0 Å². The number of rotatable bonds is 11. The van der Waals surface area contributed by atoms with Crippen LogP contribution in [0.5, 0.6) is 5.75 Å².